The normalized spacial score (nSPS) is 17.2. The number of alkyl halides is 1. The van der Waals surface area contributed by atoms with Crippen LogP contribution in [0.3, 0.4) is 0 Å². The first-order valence-corrected chi connectivity index (χ1v) is 8.56. The molecule has 5 nitrogen and oxygen atoms in total. The maximum Gasteiger partial charge on any atom is 0.244 e. The summed E-state index contributed by atoms with van der Waals surface area (Å²) in [7, 11) is -0.399. The molecule has 0 saturated heterocycles. The molecule has 0 spiro atoms. The molecule has 0 radical (unpaired) electrons. The summed E-state index contributed by atoms with van der Waals surface area (Å²) in [5.74, 6) is 1.37. The molecule has 112 valence electrons. The van der Waals surface area contributed by atoms with Gasteiger partial charge in [-0.05, 0) is 36.8 Å². The fourth-order valence-corrected chi connectivity index (χ4v) is 3.27. The second-order valence-electron chi connectivity index (χ2n) is 5.46. The van der Waals surface area contributed by atoms with Crippen molar-refractivity contribution in [3.63, 3.8) is 0 Å². The third kappa shape index (κ3) is 3.42. The van der Waals surface area contributed by atoms with E-state index in [0.29, 0.717) is 17.1 Å². The number of aromatic nitrogens is 1. The lowest BCUT2D eigenvalue weighted by Gasteiger charge is -2.15. The van der Waals surface area contributed by atoms with Crippen LogP contribution in [0, 0.1) is 5.41 Å². The number of anilines is 1. The SMILES string of the molecule is CN(C)S(=O)(=O)c1ccc(NCC2(CCCl)CC2)nc1. The van der Waals surface area contributed by atoms with Crippen LogP contribution in [-0.4, -0.2) is 44.2 Å². The van der Waals surface area contributed by atoms with Crippen LogP contribution < -0.4 is 5.32 Å². The highest BCUT2D eigenvalue weighted by Crippen LogP contribution is 2.48. The summed E-state index contributed by atoms with van der Waals surface area (Å²) >= 11 is 5.79. The van der Waals surface area contributed by atoms with Crippen LogP contribution >= 0.6 is 11.6 Å². The molecule has 1 aliphatic carbocycles. The minimum Gasteiger partial charge on any atom is -0.370 e. The summed E-state index contributed by atoms with van der Waals surface area (Å²) in [4.78, 5) is 4.37. The van der Waals surface area contributed by atoms with Gasteiger partial charge in [0, 0.05) is 32.7 Å². The molecule has 1 aliphatic rings. The molecule has 0 atom stereocenters. The van der Waals surface area contributed by atoms with E-state index < -0.39 is 10.0 Å². The van der Waals surface area contributed by atoms with Crippen molar-refractivity contribution in [3.05, 3.63) is 18.3 Å². The Morgan fingerprint density at radius 2 is 2.10 bits per heavy atom. The first-order valence-electron chi connectivity index (χ1n) is 6.58. The smallest absolute Gasteiger partial charge is 0.244 e. The molecule has 1 fully saturated rings. The lowest BCUT2D eigenvalue weighted by molar-refractivity contribution is 0.519. The maximum absolute atomic E-state index is 11.9. The molecule has 0 unspecified atom stereocenters. The Bertz CT molecular complexity index is 553. The molecule has 0 aliphatic heterocycles. The average Bonchev–Trinajstić information content (AvgIpc) is 3.17. The van der Waals surface area contributed by atoms with Crippen molar-refractivity contribution in [2.45, 2.75) is 24.2 Å². The van der Waals surface area contributed by atoms with Gasteiger partial charge in [0.1, 0.15) is 10.7 Å². The summed E-state index contributed by atoms with van der Waals surface area (Å²) < 4.78 is 25.0. The van der Waals surface area contributed by atoms with E-state index in [1.165, 1.54) is 37.4 Å². The fourth-order valence-electron chi connectivity index (χ4n) is 2.02. The molecule has 1 heterocycles. The zero-order valence-electron chi connectivity index (χ0n) is 11.8. The van der Waals surface area contributed by atoms with E-state index in [-0.39, 0.29) is 4.90 Å². The number of nitrogens with zero attached hydrogens (tertiary/aromatic N) is 2. The van der Waals surface area contributed by atoms with Gasteiger partial charge in [-0.25, -0.2) is 17.7 Å². The largest absolute Gasteiger partial charge is 0.370 e. The fraction of sp³-hybridized carbons (Fsp3) is 0.615. The van der Waals surface area contributed by atoms with Gasteiger partial charge in [-0.2, -0.15) is 0 Å². The van der Waals surface area contributed by atoms with E-state index in [9.17, 15) is 8.42 Å². The second kappa shape index (κ2) is 5.87. The summed E-state index contributed by atoms with van der Waals surface area (Å²) in [6, 6.07) is 3.28. The highest BCUT2D eigenvalue weighted by Gasteiger charge is 2.41. The first-order chi connectivity index (χ1) is 9.39. The summed E-state index contributed by atoms with van der Waals surface area (Å²) in [5, 5.41) is 3.26. The van der Waals surface area contributed by atoms with Crippen molar-refractivity contribution in [2.75, 3.05) is 31.8 Å². The van der Waals surface area contributed by atoms with Crippen LogP contribution in [0.25, 0.3) is 0 Å². The first kappa shape index (κ1) is 15.5. The van der Waals surface area contributed by atoms with E-state index >= 15 is 0 Å². The number of sulfonamides is 1. The van der Waals surface area contributed by atoms with E-state index in [1.54, 1.807) is 12.1 Å². The Morgan fingerprint density at radius 3 is 2.55 bits per heavy atom. The molecule has 1 N–H and O–H groups in total. The van der Waals surface area contributed by atoms with Crippen LogP contribution in [0.4, 0.5) is 5.82 Å². The topological polar surface area (TPSA) is 62.3 Å². The second-order valence-corrected chi connectivity index (χ2v) is 7.99. The molecule has 2 rings (SSSR count). The predicted octanol–water partition coefficient (Wildman–Crippen LogP) is 2.15. The lowest BCUT2D eigenvalue weighted by atomic mass is 10.0. The number of hydrogen-bond donors (Lipinski definition) is 1. The van der Waals surface area contributed by atoms with Crippen molar-refractivity contribution in [3.8, 4) is 0 Å². The van der Waals surface area contributed by atoms with Gasteiger partial charge in [0.15, 0.2) is 0 Å². The van der Waals surface area contributed by atoms with Crippen LogP contribution in [0.15, 0.2) is 23.2 Å². The molecule has 1 aromatic heterocycles. The lowest BCUT2D eigenvalue weighted by Crippen LogP contribution is -2.22. The number of rotatable bonds is 7. The number of halogens is 1. The van der Waals surface area contributed by atoms with Crippen LogP contribution in [0.2, 0.25) is 0 Å². The molecular formula is C13H20ClN3O2S. The maximum atomic E-state index is 11.9. The third-order valence-corrected chi connectivity index (χ3v) is 5.73. The van der Waals surface area contributed by atoms with Crippen molar-refractivity contribution < 1.29 is 8.42 Å². The highest BCUT2D eigenvalue weighted by atomic mass is 35.5. The van der Waals surface area contributed by atoms with Crippen molar-refractivity contribution in [2.24, 2.45) is 5.41 Å². The van der Waals surface area contributed by atoms with Gasteiger partial charge >= 0.3 is 0 Å². The summed E-state index contributed by atoms with van der Waals surface area (Å²) in [5.41, 5.74) is 0.317. The summed E-state index contributed by atoms with van der Waals surface area (Å²) in [6.07, 6.45) is 4.78. The molecular weight excluding hydrogens is 298 g/mol. The Hall–Kier alpha value is -0.850. The van der Waals surface area contributed by atoms with Gasteiger partial charge in [-0.1, -0.05) is 0 Å². The van der Waals surface area contributed by atoms with Crippen molar-refractivity contribution in [1.82, 2.24) is 9.29 Å². The number of pyridine rings is 1. The monoisotopic (exact) mass is 317 g/mol. The van der Waals surface area contributed by atoms with Gasteiger partial charge < -0.3 is 5.32 Å². The zero-order chi connectivity index (χ0) is 14.8. The van der Waals surface area contributed by atoms with Gasteiger partial charge in [0.05, 0.1) is 0 Å². The van der Waals surface area contributed by atoms with Crippen molar-refractivity contribution in [1.29, 1.82) is 0 Å². The quantitative estimate of drug-likeness (QED) is 0.783. The van der Waals surface area contributed by atoms with E-state index in [0.717, 1.165) is 13.0 Å². The van der Waals surface area contributed by atoms with Gasteiger partial charge in [-0.3, -0.25) is 0 Å². The van der Waals surface area contributed by atoms with E-state index in [1.807, 2.05) is 0 Å². The van der Waals surface area contributed by atoms with Gasteiger partial charge in [0.25, 0.3) is 0 Å². The van der Waals surface area contributed by atoms with Gasteiger partial charge in [0.2, 0.25) is 10.0 Å². The summed E-state index contributed by atoms with van der Waals surface area (Å²) in [6.45, 7) is 0.840. The standard InChI is InChI=1S/C13H20ClN3O2S/c1-17(2)20(18,19)11-3-4-12(15-9-11)16-10-13(5-6-13)7-8-14/h3-4,9H,5-8,10H2,1-2H3,(H,15,16). The minimum atomic E-state index is -3.41. The van der Waals surface area contributed by atoms with Gasteiger partial charge in [-0.15, -0.1) is 11.6 Å². The van der Waals surface area contributed by atoms with Crippen LogP contribution in [-0.2, 0) is 10.0 Å². The molecule has 20 heavy (non-hydrogen) atoms. The molecule has 0 bridgehead atoms. The third-order valence-electron chi connectivity index (χ3n) is 3.74. The molecule has 1 saturated carbocycles. The number of nitrogens with one attached hydrogen (secondary N) is 1. The Morgan fingerprint density at radius 1 is 1.40 bits per heavy atom. The predicted molar refractivity (Wildman–Crippen MR) is 80.6 cm³/mol. The highest BCUT2D eigenvalue weighted by molar-refractivity contribution is 7.89. The van der Waals surface area contributed by atoms with E-state index in [2.05, 4.69) is 10.3 Å². The zero-order valence-corrected chi connectivity index (χ0v) is 13.3. The molecule has 7 heteroatoms. The van der Waals surface area contributed by atoms with Crippen LogP contribution in [0.1, 0.15) is 19.3 Å². The molecule has 0 aromatic carbocycles. The molecule has 1 aromatic rings. The molecule has 0 amide bonds. The Balaban J connectivity index is 1.99. The van der Waals surface area contributed by atoms with E-state index in [4.69, 9.17) is 11.6 Å². The minimum absolute atomic E-state index is 0.204. The van der Waals surface area contributed by atoms with Crippen molar-refractivity contribution >= 4 is 27.4 Å². The number of hydrogen-bond acceptors (Lipinski definition) is 4. The average molecular weight is 318 g/mol. The van der Waals surface area contributed by atoms with Crippen LogP contribution in [0.5, 0.6) is 0 Å². The Labute approximate surface area is 125 Å². The Kier molecular flexibility index (Phi) is 4.56.